The first-order valence-electron chi connectivity index (χ1n) is 7.06. The first-order valence-corrected chi connectivity index (χ1v) is 7.06. The van der Waals surface area contributed by atoms with Gasteiger partial charge in [0.15, 0.2) is 0 Å². The van der Waals surface area contributed by atoms with Gasteiger partial charge in [-0.3, -0.25) is 0 Å². The minimum Gasteiger partial charge on any atom is -0.316 e. The lowest BCUT2D eigenvalue weighted by molar-refractivity contribution is 0.0802. The van der Waals surface area contributed by atoms with Gasteiger partial charge in [0, 0.05) is 6.04 Å². The molecule has 2 unspecified atom stereocenters. The van der Waals surface area contributed by atoms with Gasteiger partial charge in [0.05, 0.1) is 0 Å². The summed E-state index contributed by atoms with van der Waals surface area (Å²) in [5.74, 6) is 1.74. The van der Waals surface area contributed by atoms with Gasteiger partial charge in [0.1, 0.15) is 0 Å². The van der Waals surface area contributed by atoms with Crippen molar-refractivity contribution in [3.8, 4) is 0 Å². The maximum Gasteiger partial charge on any atom is 0.0133 e. The normalized spacial score (nSPS) is 25.1. The molecular weight excluding hydrogens is 196 g/mol. The van der Waals surface area contributed by atoms with Gasteiger partial charge < -0.3 is 10.2 Å². The predicted molar refractivity (Wildman–Crippen MR) is 71.8 cm³/mol. The monoisotopic (exact) mass is 226 g/mol. The lowest BCUT2D eigenvalue weighted by Crippen LogP contribution is -2.49. The second-order valence-corrected chi connectivity index (χ2v) is 5.77. The van der Waals surface area contributed by atoms with Crippen LogP contribution in [0.5, 0.6) is 0 Å². The molecule has 0 aromatic rings. The van der Waals surface area contributed by atoms with Crippen molar-refractivity contribution in [2.75, 3.05) is 26.7 Å². The third kappa shape index (κ3) is 4.42. The Balaban J connectivity index is 2.15. The van der Waals surface area contributed by atoms with E-state index in [0.29, 0.717) is 0 Å². The van der Waals surface area contributed by atoms with Crippen molar-refractivity contribution in [2.45, 2.75) is 52.5 Å². The van der Waals surface area contributed by atoms with Gasteiger partial charge in [-0.15, -0.1) is 0 Å². The smallest absolute Gasteiger partial charge is 0.0133 e. The van der Waals surface area contributed by atoms with Crippen LogP contribution in [0.2, 0.25) is 0 Å². The summed E-state index contributed by atoms with van der Waals surface area (Å²) in [5.41, 5.74) is 0. The molecule has 1 saturated carbocycles. The van der Waals surface area contributed by atoms with Crippen molar-refractivity contribution >= 4 is 0 Å². The highest BCUT2D eigenvalue weighted by Gasteiger charge is 2.32. The Hall–Kier alpha value is -0.0800. The standard InChI is InChI=1S/C14H30N2/c1-5-9-15-11-13-6-7-14(13)16(4)10-8-12(2)3/h12-15H,5-11H2,1-4H3. The Morgan fingerprint density at radius 3 is 2.56 bits per heavy atom. The third-order valence-corrected chi connectivity index (χ3v) is 3.84. The number of rotatable bonds is 8. The molecule has 0 bridgehead atoms. The molecule has 2 nitrogen and oxygen atoms in total. The molecule has 0 aromatic carbocycles. The second kappa shape index (κ2) is 7.29. The summed E-state index contributed by atoms with van der Waals surface area (Å²) in [7, 11) is 2.30. The topological polar surface area (TPSA) is 15.3 Å². The highest BCUT2D eigenvalue weighted by Crippen LogP contribution is 2.31. The number of nitrogens with zero attached hydrogens (tertiary/aromatic N) is 1. The Kier molecular flexibility index (Phi) is 6.37. The van der Waals surface area contributed by atoms with Gasteiger partial charge in [0.2, 0.25) is 0 Å². The van der Waals surface area contributed by atoms with Crippen molar-refractivity contribution in [1.29, 1.82) is 0 Å². The number of hydrogen-bond donors (Lipinski definition) is 1. The fraction of sp³-hybridized carbons (Fsp3) is 1.00. The molecule has 1 aliphatic rings. The van der Waals surface area contributed by atoms with Gasteiger partial charge >= 0.3 is 0 Å². The van der Waals surface area contributed by atoms with Crippen molar-refractivity contribution in [1.82, 2.24) is 10.2 Å². The Morgan fingerprint density at radius 1 is 1.31 bits per heavy atom. The van der Waals surface area contributed by atoms with Crippen molar-refractivity contribution < 1.29 is 0 Å². The summed E-state index contributed by atoms with van der Waals surface area (Å²) < 4.78 is 0. The maximum absolute atomic E-state index is 3.56. The summed E-state index contributed by atoms with van der Waals surface area (Å²) in [4.78, 5) is 2.59. The highest BCUT2D eigenvalue weighted by atomic mass is 15.1. The van der Waals surface area contributed by atoms with Crippen molar-refractivity contribution in [2.24, 2.45) is 11.8 Å². The molecule has 0 spiro atoms. The Morgan fingerprint density at radius 2 is 2.06 bits per heavy atom. The zero-order valence-corrected chi connectivity index (χ0v) is 11.6. The first-order chi connectivity index (χ1) is 7.65. The van der Waals surface area contributed by atoms with E-state index in [2.05, 4.69) is 38.0 Å². The highest BCUT2D eigenvalue weighted by molar-refractivity contribution is 4.88. The lowest BCUT2D eigenvalue weighted by atomic mass is 9.78. The van der Waals surface area contributed by atoms with Crippen molar-refractivity contribution in [3.63, 3.8) is 0 Å². The van der Waals surface area contributed by atoms with E-state index in [1.807, 2.05) is 0 Å². The molecule has 0 saturated heterocycles. The summed E-state index contributed by atoms with van der Waals surface area (Å²) in [6, 6.07) is 0.850. The average molecular weight is 226 g/mol. The third-order valence-electron chi connectivity index (χ3n) is 3.84. The van der Waals surface area contributed by atoms with Crippen LogP contribution in [0.4, 0.5) is 0 Å². The molecule has 1 fully saturated rings. The van der Waals surface area contributed by atoms with E-state index in [4.69, 9.17) is 0 Å². The lowest BCUT2D eigenvalue weighted by Gasteiger charge is -2.43. The quantitative estimate of drug-likeness (QED) is 0.640. The minimum atomic E-state index is 0.833. The van der Waals surface area contributed by atoms with E-state index in [1.165, 1.54) is 45.3 Å². The molecule has 0 aromatic heterocycles. The van der Waals surface area contributed by atoms with E-state index in [0.717, 1.165) is 17.9 Å². The molecule has 2 heteroatoms. The Bertz CT molecular complexity index is 180. The van der Waals surface area contributed by atoms with Gasteiger partial charge in [-0.1, -0.05) is 20.8 Å². The van der Waals surface area contributed by atoms with Gasteiger partial charge in [-0.25, -0.2) is 0 Å². The van der Waals surface area contributed by atoms with Crippen LogP contribution in [0.25, 0.3) is 0 Å². The molecule has 2 atom stereocenters. The van der Waals surface area contributed by atoms with E-state index < -0.39 is 0 Å². The molecule has 1 rings (SSSR count). The SMILES string of the molecule is CCCNCC1CCC1N(C)CCC(C)C. The summed E-state index contributed by atoms with van der Waals surface area (Å²) >= 11 is 0. The van der Waals surface area contributed by atoms with Crippen LogP contribution in [0.3, 0.4) is 0 Å². The zero-order chi connectivity index (χ0) is 12.0. The largest absolute Gasteiger partial charge is 0.316 e. The van der Waals surface area contributed by atoms with Crippen LogP contribution in [-0.2, 0) is 0 Å². The predicted octanol–water partition coefficient (Wildman–Crippen LogP) is 2.74. The fourth-order valence-corrected chi connectivity index (χ4v) is 2.46. The molecule has 0 aliphatic heterocycles. The van der Waals surface area contributed by atoms with Gasteiger partial charge in [0.25, 0.3) is 0 Å². The molecule has 0 radical (unpaired) electrons. The summed E-state index contributed by atoms with van der Waals surface area (Å²) in [5, 5.41) is 3.56. The van der Waals surface area contributed by atoms with Crippen LogP contribution in [0.15, 0.2) is 0 Å². The van der Waals surface area contributed by atoms with Gasteiger partial charge in [-0.05, 0) is 64.2 Å². The fourth-order valence-electron chi connectivity index (χ4n) is 2.46. The molecule has 1 N–H and O–H groups in total. The Labute approximate surface area is 102 Å². The van der Waals surface area contributed by atoms with Crippen LogP contribution in [0, 0.1) is 11.8 Å². The van der Waals surface area contributed by atoms with E-state index in [9.17, 15) is 0 Å². The second-order valence-electron chi connectivity index (χ2n) is 5.77. The van der Waals surface area contributed by atoms with Gasteiger partial charge in [-0.2, -0.15) is 0 Å². The first kappa shape index (κ1) is 14.0. The minimum absolute atomic E-state index is 0.833. The molecule has 16 heavy (non-hydrogen) atoms. The molecular formula is C14H30N2. The van der Waals surface area contributed by atoms with E-state index >= 15 is 0 Å². The summed E-state index contributed by atoms with van der Waals surface area (Å²) in [6.45, 7) is 10.5. The van der Waals surface area contributed by atoms with Crippen LogP contribution in [0.1, 0.15) is 46.5 Å². The van der Waals surface area contributed by atoms with Crippen LogP contribution < -0.4 is 5.32 Å². The molecule has 1 aliphatic carbocycles. The molecule has 0 heterocycles. The zero-order valence-electron chi connectivity index (χ0n) is 11.6. The van der Waals surface area contributed by atoms with E-state index in [-0.39, 0.29) is 0 Å². The van der Waals surface area contributed by atoms with Crippen molar-refractivity contribution in [3.05, 3.63) is 0 Å². The van der Waals surface area contributed by atoms with Crippen LogP contribution in [-0.4, -0.2) is 37.6 Å². The number of nitrogens with one attached hydrogen (secondary N) is 1. The average Bonchev–Trinajstić information content (AvgIpc) is 2.20. The maximum atomic E-state index is 3.56. The number of hydrogen-bond acceptors (Lipinski definition) is 2. The van der Waals surface area contributed by atoms with E-state index in [1.54, 1.807) is 0 Å². The molecule has 96 valence electrons. The molecule has 0 amide bonds. The summed E-state index contributed by atoms with van der Waals surface area (Å²) in [6.07, 6.45) is 5.42. The van der Waals surface area contributed by atoms with Crippen LogP contribution >= 0.6 is 0 Å².